The summed E-state index contributed by atoms with van der Waals surface area (Å²) < 4.78 is 28.6. The molecule has 8 nitrogen and oxygen atoms in total. The molecule has 1 aromatic carbocycles. The fourth-order valence-electron chi connectivity index (χ4n) is 4.97. The molecule has 1 saturated carbocycles. The Morgan fingerprint density at radius 3 is 2.28 bits per heavy atom. The number of piperazine rings is 1. The summed E-state index contributed by atoms with van der Waals surface area (Å²) in [6.45, 7) is 2.04. The van der Waals surface area contributed by atoms with Gasteiger partial charge in [-0.3, -0.25) is 14.4 Å². The lowest BCUT2D eigenvalue weighted by molar-refractivity contribution is 0.0476. The van der Waals surface area contributed by atoms with Gasteiger partial charge in [-0.2, -0.15) is 4.31 Å². The van der Waals surface area contributed by atoms with Crippen LogP contribution in [0.1, 0.15) is 48.9 Å². The van der Waals surface area contributed by atoms with E-state index < -0.39 is 10.0 Å². The molecule has 1 saturated heterocycles. The van der Waals surface area contributed by atoms with Gasteiger partial charge >= 0.3 is 0 Å². The van der Waals surface area contributed by atoms with E-state index in [1.807, 2.05) is 0 Å². The topological polar surface area (TPSA) is 88.4 Å². The van der Waals surface area contributed by atoms with Crippen LogP contribution in [0.4, 0.5) is 0 Å². The van der Waals surface area contributed by atoms with Crippen LogP contribution in [-0.2, 0) is 17.1 Å². The number of carbonyl (C=O) groups excluding carboxylic acids is 1. The summed E-state index contributed by atoms with van der Waals surface area (Å²) in [7, 11) is -2.01. The van der Waals surface area contributed by atoms with E-state index in [0.717, 1.165) is 25.7 Å². The van der Waals surface area contributed by atoms with Crippen LogP contribution >= 0.6 is 23.2 Å². The van der Waals surface area contributed by atoms with Crippen LogP contribution in [0.5, 0.6) is 0 Å². The average Bonchev–Trinajstić information content (AvgIpc) is 3.42. The van der Waals surface area contributed by atoms with E-state index in [4.69, 9.17) is 23.2 Å². The zero-order chi connectivity index (χ0) is 22.9. The van der Waals surface area contributed by atoms with Gasteiger partial charge in [-0.05, 0) is 31.4 Å². The van der Waals surface area contributed by atoms with Crippen molar-refractivity contribution < 1.29 is 13.2 Å². The number of halogens is 2. The lowest BCUT2D eigenvalue weighted by Crippen LogP contribution is -2.57. The quantitative estimate of drug-likeness (QED) is 0.542. The third-order valence-corrected chi connectivity index (χ3v) is 9.08. The smallest absolute Gasteiger partial charge is 0.264 e. The van der Waals surface area contributed by atoms with Gasteiger partial charge in [0, 0.05) is 45.2 Å². The second-order valence-corrected chi connectivity index (χ2v) is 11.3. The molecule has 0 amide bonds. The third-order valence-electron chi connectivity index (χ3n) is 6.69. The minimum absolute atomic E-state index is 0.0220. The lowest BCUT2D eigenvalue weighted by Gasteiger charge is -2.45. The highest BCUT2D eigenvalue weighted by Crippen LogP contribution is 2.40. The van der Waals surface area contributed by atoms with Crippen molar-refractivity contribution in [2.24, 2.45) is 7.05 Å². The molecule has 0 spiro atoms. The summed E-state index contributed by atoms with van der Waals surface area (Å²) in [5.74, 6) is -0.0456. The Balaban J connectivity index is 1.43. The summed E-state index contributed by atoms with van der Waals surface area (Å²) in [6.07, 6.45) is 6.73. The van der Waals surface area contributed by atoms with E-state index in [-0.39, 0.29) is 16.3 Å². The van der Waals surface area contributed by atoms with Crippen LogP contribution in [-0.4, -0.2) is 70.1 Å². The van der Waals surface area contributed by atoms with E-state index in [0.29, 0.717) is 54.6 Å². The number of aryl methyl sites for hydroxylation is 1. The van der Waals surface area contributed by atoms with Crippen molar-refractivity contribution >= 4 is 39.0 Å². The van der Waals surface area contributed by atoms with E-state index in [1.165, 1.54) is 15.2 Å². The van der Waals surface area contributed by atoms with Crippen LogP contribution in [0.3, 0.4) is 0 Å². The number of ketones is 1. The maximum Gasteiger partial charge on any atom is 0.264 e. The highest BCUT2D eigenvalue weighted by molar-refractivity contribution is 7.89. The molecule has 0 atom stereocenters. The number of hydrogen-bond donors (Lipinski definition) is 0. The third kappa shape index (κ3) is 4.59. The number of benzene rings is 1. The van der Waals surface area contributed by atoms with Crippen LogP contribution in [0.15, 0.2) is 29.4 Å². The first-order valence-corrected chi connectivity index (χ1v) is 13.0. The van der Waals surface area contributed by atoms with Gasteiger partial charge < -0.3 is 0 Å². The van der Waals surface area contributed by atoms with Gasteiger partial charge in [-0.1, -0.05) is 47.3 Å². The molecular weight excluding hydrogens is 473 g/mol. The number of Topliss-reactive ketones (excluding diaryl/α,β-unsaturated/α-hetero) is 1. The lowest BCUT2D eigenvalue weighted by atomic mass is 9.87. The predicted molar refractivity (Wildman–Crippen MR) is 123 cm³/mol. The van der Waals surface area contributed by atoms with Gasteiger partial charge in [-0.15, -0.1) is 5.10 Å². The molecule has 2 heterocycles. The maximum absolute atomic E-state index is 12.9. The van der Waals surface area contributed by atoms with Crippen molar-refractivity contribution in [2.75, 3.05) is 26.2 Å². The number of carbonyl (C=O) groups is 1. The van der Waals surface area contributed by atoms with E-state index in [9.17, 15) is 13.2 Å². The Bertz CT molecular complexity index is 1070. The summed E-state index contributed by atoms with van der Waals surface area (Å²) in [5.41, 5.74) is 0.301. The van der Waals surface area contributed by atoms with Crippen molar-refractivity contribution in [3.8, 4) is 0 Å². The minimum Gasteiger partial charge on any atom is -0.295 e. The minimum atomic E-state index is -3.65. The fraction of sp³-hybridized carbons (Fsp3) is 0.571. The molecule has 1 aliphatic heterocycles. The summed E-state index contributed by atoms with van der Waals surface area (Å²) >= 11 is 12.4. The SMILES string of the molecule is Cn1cc(S(=O)(=O)N2CCN(C3(CCC(=O)c4c(Cl)cccc4Cl)CCCC3)CC2)nn1. The summed E-state index contributed by atoms with van der Waals surface area (Å²) in [6, 6.07) is 5.10. The van der Waals surface area contributed by atoms with Crippen molar-refractivity contribution in [2.45, 2.75) is 49.1 Å². The first-order chi connectivity index (χ1) is 15.2. The Kier molecular flexibility index (Phi) is 6.93. The molecule has 0 N–H and O–H groups in total. The second-order valence-electron chi connectivity index (χ2n) is 8.57. The summed E-state index contributed by atoms with van der Waals surface area (Å²) in [4.78, 5) is 15.3. The molecule has 2 aromatic rings. The van der Waals surface area contributed by atoms with Gasteiger partial charge in [0.05, 0.1) is 21.8 Å². The standard InChI is InChI=1S/C21H27Cl2N5O3S/c1-26-15-19(24-25-26)32(30,31)28-13-11-27(12-14-28)21(8-2-3-9-21)10-7-18(29)20-16(22)5-4-6-17(20)23/h4-6,15H,2-3,7-14H2,1H3. The van der Waals surface area contributed by atoms with Crippen LogP contribution in [0.2, 0.25) is 10.0 Å². The Morgan fingerprint density at radius 1 is 1.09 bits per heavy atom. The first kappa shape index (κ1) is 23.6. The molecule has 11 heteroatoms. The first-order valence-electron chi connectivity index (χ1n) is 10.8. The average molecular weight is 500 g/mol. The molecule has 0 unspecified atom stereocenters. The monoisotopic (exact) mass is 499 g/mol. The van der Waals surface area contributed by atoms with Crippen molar-refractivity contribution in [3.05, 3.63) is 40.0 Å². The Hall–Kier alpha value is -1.52. The van der Waals surface area contributed by atoms with Gasteiger partial charge in [0.25, 0.3) is 10.0 Å². The molecule has 0 radical (unpaired) electrons. The fourth-order valence-corrected chi connectivity index (χ4v) is 6.91. The zero-order valence-electron chi connectivity index (χ0n) is 18.0. The van der Waals surface area contributed by atoms with Gasteiger partial charge in [0.15, 0.2) is 5.78 Å². The highest BCUT2D eigenvalue weighted by atomic mass is 35.5. The van der Waals surface area contributed by atoms with E-state index in [1.54, 1.807) is 25.2 Å². The van der Waals surface area contributed by atoms with Gasteiger partial charge in [-0.25, -0.2) is 8.42 Å². The van der Waals surface area contributed by atoms with Crippen LogP contribution in [0.25, 0.3) is 0 Å². The zero-order valence-corrected chi connectivity index (χ0v) is 20.3. The Morgan fingerprint density at radius 2 is 1.72 bits per heavy atom. The molecule has 0 bridgehead atoms. The number of nitrogens with zero attached hydrogens (tertiary/aromatic N) is 5. The number of rotatable bonds is 7. The second kappa shape index (κ2) is 9.38. The molecular formula is C21H27Cl2N5O3S. The Labute approximate surface area is 198 Å². The predicted octanol–water partition coefficient (Wildman–Crippen LogP) is 3.40. The molecule has 1 aromatic heterocycles. The normalized spacial score (nSPS) is 20.0. The number of hydrogen-bond acceptors (Lipinski definition) is 6. The van der Waals surface area contributed by atoms with Crippen molar-refractivity contribution in [3.63, 3.8) is 0 Å². The van der Waals surface area contributed by atoms with Crippen LogP contribution in [0, 0.1) is 0 Å². The summed E-state index contributed by atoms with van der Waals surface area (Å²) in [5, 5.41) is 8.26. The van der Waals surface area contributed by atoms with Gasteiger partial charge in [0.2, 0.25) is 5.03 Å². The van der Waals surface area contributed by atoms with E-state index in [2.05, 4.69) is 15.2 Å². The van der Waals surface area contributed by atoms with Crippen molar-refractivity contribution in [1.82, 2.24) is 24.2 Å². The largest absolute Gasteiger partial charge is 0.295 e. The molecule has 32 heavy (non-hydrogen) atoms. The highest BCUT2D eigenvalue weighted by Gasteiger charge is 2.42. The number of sulfonamides is 1. The number of aromatic nitrogens is 3. The van der Waals surface area contributed by atoms with E-state index >= 15 is 0 Å². The molecule has 1 aliphatic carbocycles. The van der Waals surface area contributed by atoms with Crippen LogP contribution < -0.4 is 0 Å². The van der Waals surface area contributed by atoms with Crippen molar-refractivity contribution in [1.29, 1.82) is 0 Å². The molecule has 2 aliphatic rings. The van der Waals surface area contributed by atoms with Gasteiger partial charge in [0.1, 0.15) is 0 Å². The maximum atomic E-state index is 12.9. The molecule has 174 valence electrons. The molecule has 4 rings (SSSR count). The molecule has 2 fully saturated rings.